The third-order valence-corrected chi connectivity index (χ3v) is 2.68. The predicted octanol–water partition coefficient (Wildman–Crippen LogP) is 2.39. The Morgan fingerprint density at radius 3 is 2.81 bits per heavy atom. The highest BCUT2D eigenvalue weighted by atomic mass is 35.5. The fourth-order valence-electron chi connectivity index (χ4n) is 1.45. The zero-order chi connectivity index (χ0) is 12.0. The van der Waals surface area contributed by atoms with Gasteiger partial charge < -0.3 is 10.5 Å². The molecule has 1 aromatic carbocycles. The van der Waals surface area contributed by atoms with Crippen molar-refractivity contribution in [3.8, 4) is 0 Å². The van der Waals surface area contributed by atoms with E-state index in [9.17, 15) is 0 Å². The molecule has 1 rings (SSSR count). The van der Waals surface area contributed by atoms with Crippen LogP contribution in [0.4, 0.5) is 5.69 Å². The summed E-state index contributed by atoms with van der Waals surface area (Å²) in [7, 11) is 2.06. The van der Waals surface area contributed by atoms with Crippen LogP contribution in [-0.2, 0) is 11.3 Å². The molecular formula is C12H19ClN2O. The van der Waals surface area contributed by atoms with Crippen molar-refractivity contribution in [2.24, 2.45) is 0 Å². The Labute approximate surface area is 102 Å². The first kappa shape index (κ1) is 13.3. The Balaban J connectivity index is 2.43. The van der Waals surface area contributed by atoms with E-state index in [0.29, 0.717) is 10.7 Å². The second-order valence-electron chi connectivity index (χ2n) is 3.79. The molecule has 1 aromatic rings. The number of benzene rings is 1. The Morgan fingerprint density at radius 2 is 2.19 bits per heavy atom. The maximum absolute atomic E-state index is 5.86. The van der Waals surface area contributed by atoms with Crippen LogP contribution >= 0.6 is 11.6 Å². The molecule has 0 fully saturated rings. The lowest BCUT2D eigenvalue weighted by atomic mass is 10.2. The molecule has 0 unspecified atom stereocenters. The average Bonchev–Trinajstić information content (AvgIpc) is 2.24. The van der Waals surface area contributed by atoms with Crippen LogP contribution < -0.4 is 5.73 Å². The number of rotatable bonds is 6. The molecule has 3 nitrogen and oxygen atoms in total. The van der Waals surface area contributed by atoms with E-state index < -0.39 is 0 Å². The predicted molar refractivity (Wildman–Crippen MR) is 68.7 cm³/mol. The lowest BCUT2D eigenvalue weighted by Crippen LogP contribution is -2.22. The van der Waals surface area contributed by atoms with Crippen LogP contribution in [0.5, 0.6) is 0 Å². The largest absolute Gasteiger partial charge is 0.398 e. The molecule has 0 aromatic heterocycles. The Bertz CT molecular complexity index is 331. The molecule has 16 heavy (non-hydrogen) atoms. The quantitative estimate of drug-likeness (QED) is 0.615. The van der Waals surface area contributed by atoms with E-state index in [1.807, 2.05) is 25.1 Å². The summed E-state index contributed by atoms with van der Waals surface area (Å²) >= 11 is 5.86. The first-order chi connectivity index (χ1) is 7.63. The summed E-state index contributed by atoms with van der Waals surface area (Å²) in [6, 6.07) is 5.75. The Kier molecular flexibility index (Phi) is 5.60. The SMILES string of the molecule is CCOCCN(C)Cc1ccc(Cl)c(N)c1. The molecule has 0 amide bonds. The van der Waals surface area contributed by atoms with Gasteiger partial charge in [0.25, 0.3) is 0 Å². The van der Waals surface area contributed by atoms with Crippen LogP contribution in [0.25, 0.3) is 0 Å². The molecule has 0 saturated carbocycles. The van der Waals surface area contributed by atoms with Gasteiger partial charge in [0.05, 0.1) is 17.3 Å². The molecule has 0 aliphatic heterocycles. The van der Waals surface area contributed by atoms with Gasteiger partial charge in [-0.15, -0.1) is 0 Å². The first-order valence-corrected chi connectivity index (χ1v) is 5.81. The van der Waals surface area contributed by atoms with Crippen molar-refractivity contribution in [1.82, 2.24) is 4.90 Å². The van der Waals surface area contributed by atoms with Gasteiger partial charge in [-0.25, -0.2) is 0 Å². The molecule has 0 spiro atoms. The van der Waals surface area contributed by atoms with Crippen LogP contribution in [0.1, 0.15) is 12.5 Å². The van der Waals surface area contributed by atoms with E-state index in [1.54, 1.807) is 0 Å². The monoisotopic (exact) mass is 242 g/mol. The van der Waals surface area contributed by atoms with Crippen LogP contribution in [0.3, 0.4) is 0 Å². The summed E-state index contributed by atoms with van der Waals surface area (Å²) in [6.07, 6.45) is 0. The molecule has 0 bridgehead atoms. The molecule has 0 saturated heterocycles. The van der Waals surface area contributed by atoms with Crippen molar-refractivity contribution in [3.05, 3.63) is 28.8 Å². The minimum atomic E-state index is 0.612. The van der Waals surface area contributed by atoms with Crippen LogP contribution in [0.15, 0.2) is 18.2 Å². The highest BCUT2D eigenvalue weighted by molar-refractivity contribution is 6.33. The van der Waals surface area contributed by atoms with Gasteiger partial charge in [-0.2, -0.15) is 0 Å². The normalized spacial score (nSPS) is 11.0. The summed E-state index contributed by atoms with van der Waals surface area (Å²) in [6.45, 7) is 5.29. The summed E-state index contributed by atoms with van der Waals surface area (Å²) in [5.74, 6) is 0. The van der Waals surface area contributed by atoms with Crippen molar-refractivity contribution in [2.45, 2.75) is 13.5 Å². The van der Waals surface area contributed by atoms with Crippen molar-refractivity contribution >= 4 is 17.3 Å². The van der Waals surface area contributed by atoms with E-state index in [1.165, 1.54) is 5.56 Å². The van der Waals surface area contributed by atoms with E-state index in [4.69, 9.17) is 22.1 Å². The molecule has 0 radical (unpaired) electrons. The van der Waals surface area contributed by atoms with E-state index in [2.05, 4.69) is 11.9 Å². The third kappa shape index (κ3) is 4.39. The molecule has 90 valence electrons. The number of ether oxygens (including phenoxy) is 1. The van der Waals surface area contributed by atoms with Gasteiger partial charge in [-0.3, -0.25) is 4.90 Å². The van der Waals surface area contributed by atoms with Crippen molar-refractivity contribution in [1.29, 1.82) is 0 Å². The van der Waals surface area contributed by atoms with Crippen molar-refractivity contribution < 1.29 is 4.74 Å². The number of anilines is 1. The number of hydrogen-bond acceptors (Lipinski definition) is 3. The summed E-state index contributed by atoms with van der Waals surface area (Å²) in [5, 5.41) is 0.612. The highest BCUT2D eigenvalue weighted by Gasteiger charge is 2.02. The Morgan fingerprint density at radius 1 is 1.44 bits per heavy atom. The maximum atomic E-state index is 5.86. The minimum Gasteiger partial charge on any atom is -0.398 e. The third-order valence-electron chi connectivity index (χ3n) is 2.33. The number of halogens is 1. The van der Waals surface area contributed by atoms with Gasteiger partial charge in [-0.05, 0) is 31.7 Å². The topological polar surface area (TPSA) is 38.5 Å². The number of nitrogens with two attached hydrogens (primary N) is 1. The second kappa shape index (κ2) is 6.74. The van der Waals surface area contributed by atoms with Crippen molar-refractivity contribution in [2.75, 3.05) is 32.5 Å². The molecule has 0 aliphatic rings. The fraction of sp³-hybridized carbons (Fsp3) is 0.500. The smallest absolute Gasteiger partial charge is 0.0635 e. The van der Waals surface area contributed by atoms with E-state index in [0.717, 1.165) is 26.3 Å². The maximum Gasteiger partial charge on any atom is 0.0635 e. The van der Waals surface area contributed by atoms with E-state index >= 15 is 0 Å². The molecule has 2 N–H and O–H groups in total. The summed E-state index contributed by atoms with van der Waals surface area (Å²) in [4.78, 5) is 2.19. The van der Waals surface area contributed by atoms with Gasteiger partial charge in [0.15, 0.2) is 0 Å². The standard InChI is InChI=1S/C12H19ClN2O/c1-3-16-7-6-15(2)9-10-4-5-11(13)12(14)8-10/h4-5,8H,3,6-7,9,14H2,1-2H3. The zero-order valence-corrected chi connectivity index (χ0v) is 10.6. The minimum absolute atomic E-state index is 0.612. The van der Waals surface area contributed by atoms with Gasteiger partial charge in [-0.1, -0.05) is 17.7 Å². The zero-order valence-electron chi connectivity index (χ0n) is 9.87. The summed E-state index contributed by atoms with van der Waals surface area (Å²) in [5.41, 5.74) is 7.55. The van der Waals surface area contributed by atoms with Gasteiger partial charge in [0.1, 0.15) is 0 Å². The number of hydrogen-bond donors (Lipinski definition) is 1. The van der Waals surface area contributed by atoms with Gasteiger partial charge >= 0.3 is 0 Å². The number of nitrogen functional groups attached to an aromatic ring is 1. The molecular weight excluding hydrogens is 224 g/mol. The van der Waals surface area contributed by atoms with Crippen LogP contribution in [0.2, 0.25) is 5.02 Å². The Hall–Kier alpha value is -0.770. The first-order valence-electron chi connectivity index (χ1n) is 5.43. The lowest BCUT2D eigenvalue weighted by molar-refractivity contribution is 0.120. The lowest BCUT2D eigenvalue weighted by Gasteiger charge is -2.16. The molecule has 0 heterocycles. The summed E-state index contributed by atoms with van der Waals surface area (Å²) < 4.78 is 5.30. The van der Waals surface area contributed by atoms with Gasteiger partial charge in [0.2, 0.25) is 0 Å². The fourth-order valence-corrected chi connectivity index (χ4v) is 1.56. The van der Waals surface area contributed by atoms with Crippen LogP contribution in [0, 0.1) is 0 Å². The van der Waals surface area contributed by atoms with Crippen molar-refractivity contribution in [3.63, 3.8) is 0 Å². The molecule has 0 atom stereocenters. The second-order valence-corrected chi connectivity index (χ2v) is 4.20. The number of likely N-dealkylation sites (N-methyl/N-ethyl adjacent to an activating group) is 1. The van der Waals surface area contributed by atoms with Crippen LogP contribution in [-0.4, -0.2) is 31.7 Å². The van der Waals surface area contributed by atoms with Gasteiger partial charge in [0, 0.05) is 19.7 Å². The number of nitrogens with zero attached hydrogens (tertiary/aromatic N) is 1. The average molecular weight is 243 g/mol. The van der Waals surface area contributed by atoms with E-state index in [-0.39, 0.29) is 0 Å². The highest BCUT2D eigenvalue weighted by Crippen LogP contribution is 2.19. The molecule has 0 aliphatic carbocycles. The molecule has 4 heteroatoms.